The number of halogens is 2. The lowest BCUT2D eigenvalue weighted by Gasteiger charge is -2.30. The second-order valence-corrected chi connectivity index (χ2v) is 9.96. The SMILES string of the molecule is CN(C1CCCCC1)S(=O)(=O)c1ccccc1NC(=O)COC(=O)c1cc(Cl)ccc1F. The molecule has 10 heteroatoms. The van der Waals surface area contributed by atoms with E-state index in [0.29, 0.717) is 0 Å². The lowest BCUT2D eigenvalue weighted by molar-refractivity contribution is -0.119. The molecule has 0 saturated heterocycles. The minimum absolute atomic E-state index is 0.0476. The quantitative estimate of drug-likeness (QED) is 0.596. The number of hydrogen-bond donors (Lipinski definition) is 1. The van der Waals surface area contributed by atoms with E-state index in [2.05, 4.69) is 5.32 Å². The van der Waals surface area contributed by atoms with Gasteiger partial charge in [-0.2, -0.15) is 4.31 Å². The second kappa shape index (κ2) is 10.4. The Morgan fingerprint density at radius 3 is 2.56 bits per heavy atom. The van der Waals surface area contributed by atoms with Crippen molar-refractivity contribution in [1.82, 2.24) is 4.31 Å². The van der Waals surface area contributed by atoms with Gasteiger partial charge >= 0.3 is 5.97 Å². The van der Waals surface area contributed by atoms with Crippen molar-refractivity contribution < 1.29 is 27.1 Å². The Kier molecular flexibility index (Phi) is 7.86. The van der Waals surface area contributed by atoms with E-state index in [1.54, 1.807) is 19.2 Å². The van der Waals surface area contributed by atoms with Crippen LogP contribution in [-0.2, 0) is 19.6 Å². The fourth-order valence-electron chi connectivity index (χ4n) is 3.64. The summed E-state index contributed by atoms with van der Waals surface area (Å²) in [5.41, 5.74) is -0.326. The van der Waals surface area contributed by atoms with Crippen LogP contribution < -0.4 is 5.32 Å². The fraction of sp³-hybridized carbons (Fsp3) is 0.364. The minimum Gasteiger partial charge on any atom is -0.452 e. The molecule has 1 aliphatic carbocycles. The summed E-state index contributed by atoms with van der Waals surface area (Å²) in [5.74, 6) is -2.65. The van der Waals surface area contributed by atoms with Crippen molar-refractivity contribution in [3.8, 4) is 0 Å². The molecule has 1 amide bonds. The van der Waals surface area contributed by atoms with Gasteiger partial charge in [0.05, 0.1) is 11.3 Å². The van der Waals surface area contributed by atoms with Gasteiger partial charge in [-0.15, -0.1) is 0 Å². The molecule has 3 rings (SSSR count). The van der Waals surface area contributed by atoms with Crippen molar-refractivity contribution in [2.24, 2.45) is 0 Å². The number of rotatable bonds is 7. The first-order valence-corrected chi connectivity index (χ1v) is 12.0. The zero-order valence-corrected chi connectivity index (χ0v) is 19.1. The van der Waals surface area contributed by atoms with Gasteiger partial charge in [0.1, 0.15) is 10.7 Å². The first-order chi connectivity index (χ1) is 15.2. The number of hydrogen-bond acceptors (Lipinski definition) is 5. The molecule has 1 aliphatic rings. The molecule has 1 fully saturated rings. The van der Waals surface area contributed by atoms with E-state index in [1.807, 2.05) is 0 Å². The zero-order chi connectivity index (χ0) is 23.3. The first kappa shape index (κ1) is 24.2. The Hall–Kier alpha value is -2.49. The number of nitrogens with one attached hydrogen (secondary N) is 1. The second-order valence-electron chi connectivity index (χ2n) is 7.56. The van der Waals surface area contributed by atoms with E-state index in [-0.39, 0.29) is 21.6 Å². The lowest BCUT2D eigenvalue weighted by Crippen LogP contribution is -2.38. The number of anilines is 1. The third-order valence-electron chi connectivity index (χ3n) is 5.39. The number of esters is 1. The summed E-state index contributed by atoms with van der Waals surface area (Å²) in [7, 11) is -2.31. The van der Waals surface area contributed by atoms with E-state index >= 15 is 0 Å². The molecule has 2 aromatic carbocycles. The van der Waals surface area contributed by atoms with Gasteiger partial charge in [0.15, 0.2) is 6.61 Å². The normalized spacial score (nSPS) is 14.9. The Balaban J connectivity index is 1.69. The molecular weight excluding hydrogens is 459 g/mol. The minimum atomic E-state index is -3.85. The largest absolute Gasteiger partial charge is 0.452 e. The Morgan fingerprint density at radius 1 is 1.16 bits per heavy atom. The highest BCUT2D eigenvalue weighted by Gasteiger charge is 2.31. The van der Waals surface area contributed by atoms with E-state index in [4.69, 9.17) is 16.3 Å². The van der Waals surface area contributed by atoms with Crippen LogP contribution in [0.5, 0.6) is 0 Å². The summed E-state index contributed by atoms with van der Waals surface area (Å²) in [4.78, 5) is 24.3. The van der Waals surface area contributed by atoms with Crippen LogP contribution in [0.15, 0.2) is 47.4 Å². The summed E-state index contributed by atoms with van der Waals surface area (Å²) in [6.45, 7) is -0.725. The smallest absolute Gasteiger partial charge is 0.341 e. The van der Waals surface area contributed by atoms with Gasteiger partial charge in [-0.1, -0.05) is 43.0 Å². The monoisotopic (exact) mass is 482 g/mol. The maximum atomic E-state index is 13.8. The Morgan fingerprint density at radius 2 is 1.84 bits per heavy atom. The third-order valence-corrected chi connectivity index (χ3v) is 7.59. The Labute approximate surface area is 191 Å². The predicted octanol–water partition coefficient (Wildman–Crippen LogP) is 4.23. The summed E-state index contributed by atoms with van der Waals surface area (Å²) < 4.78 is 46.4. The molecular formula is C22H24ClFN2O5S. The van der Waals surface area contributed by atoms with Gasteiger partial charge < -0.3 is 10.1 Å². The molecule has 0 spiro atoms. The van der Waals surface area contributed by atoms with Gasteiger partial charge in [0.25, 0.3) is 5.91 Å². The predicted molar refractivity (Wildman–Crippen MR) is 119 cm³/mol. The number of carbonyl (C=O) groups excluding carboxylic acids is 2. The van der Waals surface area contributed by atoms with Crippen LogP contribution in [-0.4, -0.2) is 44.3 Å². The molecule has 32 heavy (non-hydrogen) atoms. The standard InChI is InChI=1S/C22H24ClFN2O5S/c1-26(16-7-3-2-4-8-16)32(29,30)20-10-6-5-9-19(20)25-21(27)14-31-22(28)17-13-15(23)11-12-18(17)24/h5-6,9-13,16H,2-4,7-8,14H2,1H3,(H,25,27). The van der Waals surface area contributed by atoms with Crippen molar-refractivity contribution in [2.45, 2.75) is 43.0 Å². The maximum Gasteiger partial charge on any atom is 0.341 e. The summed E-state index contributed by atoms with van der Waals surface area (Å²) in [5, 5.41) is 2.61. The number of benzene rings is 2. The molecule has 0 atom stereocenters. The van der Waals surface area contributed by atoms with Crippen molar-refractivity contribution in [1.29, 1.82) is 0 Å². The molecule has 7 nitrogen and oxygen atoms in total. The van der Waals surface area contributed by atoms with E-state index < -0.39 is 39.9 Å². The average Bonchev–Trinajstić information content (AvgIpc) is 2.79. The van der Waals surface area contributed by atoms with Gasteiger partial charge in [-0.3, -0.25) is 4.79 Å². The maximum absolute atomic E-state index is 13.8. The van der Waals surface area contributed by atoms with Crippen molar-refractivity contribution in [3.05, 3.63) is 58.9 Å². The average molecular weight is 483 g/mol. The molecule has 0 unspecified atom stereocenters. The van der Waals surface area contributed by atoms with Crippen LogP contribution in [0.3, 0.4) is 0 Å². The van der Waals surface area contributed by atoms with Crippen molar-refractivity contribution in [2.75, 3.05) is 19.0 Å². The molecule has 1 N–H and O–H groups in total. The van der Waals surface area contributed by atoms with Crippen LogP contribution in [0, 0.1) is 5.82 Å². The third kappa shape index (κ3) is 5.65. The van der Waals surface area contributed by atoms with E-state index in [0.717, 1.165) is 44.2 Å². The molecule has 0 aromatic heterocycles. The van der Waals surface area contributed by atoms with Gasteiger partial charge in [0.2, 0.25) is 10.0 Å². The van der Waals surface area contributed by atoms with Crippen LogP contribution in [0.25, 0.3) is 0 Å². The van der Waals surface area contributed by atoms with Gasteiger partial charge in [-0.25, -0.2) is 17.6 Å². The van der Waals surface area contributed by atoms with E-state index in [1.165, 1.54) is 22.5 Å². The topological polar surface area (TPSA) is 92.8 Å². The van der Waals surface area contributed by atoms with Crippen LogP contribution in [0.2, 0.25) is 5.02 Å². The highest BCUT2D eigenvalue weighted by atomic mass is 35.5. The highest BCUT2D eigenvalue weighted by molar-refractivity contribution is 7.89. The summed E-state index contributed by atoms with van der Waals surface area (Å²) in [6, 6.07) is 9.33. The van der Waals surface area contributed by atoms with E-state index in [9.17, 15) is 22.4 Å². The summed E-state index contributed by atoms with van der Waals surface area (Å²) >= 11 is 5.76. The Bertz CT molecular complexity index is 1100. The number of carbonyl (C=O) groups is 2. The molecule has 172 valence electrons. The molecule has 2 aromatic rings. The number of sulfonamides is 1. The molecule has 0 bridgehead atoms. The van der Waals surface area contributed by atoms with Crippen molar-refractivity contribution in [3.63, 3.8) is 0 Å². The summed E-state index contributed by atoms with van der Waals surface area (Å²) in [6.07, 6.45) is 4.62. The first-order valence-electron chi connectivity index (χ1n) is 10.2. The number of para-hydroxylation sites is 1. The molecule has 0 heterocycles. The van der Waals surface area contributed by atoms with Gasteiger partial charge in [-0.05, 0) is 43.2 Å². The number of nitrogens with zero attached hydrogens (tertiary/aromatic N) is 1. The van der Waals surface area contributed by atoms with Crippen LogP contribution >= 0.6 is 11.6 Å². The number of amides is 1. The van der Waals surface area contributed by atoms with Crippen LogP contribution in [0.4, 0.5) is 10.1 Å². The number of ether oxygens (including phenoxy) is 1. The molecule has 0 radical (unpaired) electrons. The van der Waals surface area contributed by atoms with Crippen LogP contribution in [0.1, 0.15) is 42.5 Å². The van der Waals surface area contributed by atoms with Crippen molar-refractivity contribution >= 4 is 39.2 Å². The molecule has 1 saturated carbocycles. The fourth-order valence-corrected chi connectivity index (χ4v) is 5.37. The molecule has 0 aliphatic heterocycles. The lowest BCUT2D eigenvalue weighted by atomic mass is 9.96. The van der Waals surface area contributed by atoms with Gasteiger partial charge in [0, 0.05) is 18.1 Å². The zero-order valence-electron chi connectivity index (χ0n) is 17.5. The highest BCUT2D eigenvalue weighted by Crippen LogP contribution is 2.29.